The number of aryl methyl sites for hydroxylation is 1. The third kappa shape index (κ3) is 1.51. The van der Waals surface area contributed by atoms with E-state index in [2.05, 4.69) is 0 Å². The standard InChI is InChI=1S/C11H9FO2S/c1-6-7-3-8(12)9(14-2)4-10(7)15-11(6)5-13/h3-5H,1-2H3. The number of hydrogen-bond donors (Lipinski definition) is 0. The van der Waals surface area contributed by atoms with Crippen LogP contribution in [0.5, 0.6) is 5.75 Å². The van der Waals surface area contributed by atoms with Crippen molar-refractivity contribution in [2.75, 3.05) is 7.11 Å². The number of aldehydes is 1. The summed E-state index contributed by atoms with van der Waals surface area (Å²) < 4.78 is 19.2. The number of hydrogen-bond acceptors (Lipinski definition) is 3. The fraction of sp³-hybridized carbons (Fsp3) is 0.182. The number of thiophene rings is 1. The van der Waals surface area contributed by atoms with Crippen molar-refractivity contribution in [1.29, 1.82) is 0 Å². The molecule has 0 atom stereocenters. The highest BCUT2D eigenvalue weighted by molar-refractivity contribution is 7.20. The fourth-order valence-electron chi connectivity index (χ4n) is 1.51. The fourth-order valence-corrected chi connectivity index (χ4v) is 2.54. The number of halogens is 1. The number of rotatable bonds is 2. The second-order valence-corrected chi connectivity index (χ2v) is 4.28. The predicted octanol–water partition coefficient (Wildman–Crippen LogP) is 3.17. The molecule has 2 nitrogen and oxygen atoms in total. The normalized spacial score (nSPS) is 10.6. The van der Waals surface area contributed by atoms with Gasteiger partial charge in [-0.1, -0.05) is 0 Å². The summed E-state index contributed by atoms with van der Waals surface area (Å²) in [5.74, 6) is -0.190. The first kappa shape index (κ1) is 10.1. The number of carbonyl (C=O) groups is 1. The van der Waals surface area contributed by atoms with Crippen molar-refractivity contribution in [3.05, 3.63) is 28.4 Å². The van der Waals surface area contributed by atoms with Crippen LogP contribution in [0.15, 0.2) is 12.1 Å². The van der Waals surface area contributed by atoms with Gasteiger partial charge in [-0.15, -0.1) is 11.3 Å². The molecule has 4 heteroatoms. The van der Waals surface area contributed by atoms with Crippen LogP contribution >= 0.6 is 11.3 Å². The molecule has 0 saturated carbocycles. The number of fused-ring (bicyclic) bond motifs is 1. The number of carbonyl (C=O) groups excluding carboxylic acids is 1. The quantitative estimate of drug-likeness (QED) is 0.732. The van der Waals surface area contributed by atoms with Gasteiger partial charge in [-0.25, -0.2) is 4.39 Å². The Morgan fingerprint density at radius 3 is 2.80 bits per heavy atom. The zero-order chi connectivity index (χ0) is 11.0. The maximum atomic E-state index is 13.4. The van der Waals surface area contributed by atoms with Gasteiger partial charge in [-0.2, -0.15) is 0 Å². The minimum absolute atomic E-state index is 0.209. The molecule has 0 amide bonds. The molecule has 1 aromatic carbocycles. The lowest BCUT2D eigenvalue weighted by atomic mass is 10.1. The molecule has 1 aromatic heterocycles. The molecule has 0 bridgehead atoms. The van der Waals surface area contributed by atoms with Gasteiger partial charge in [0.05, 0.1) is 12.0 Å². The molecule has 0 aliphatic carbocycles. The highest BCUT2D eigenvalue weighted by atomic mass is 32.1. The van der Waals surface area contributed by atoms with Gasteiger partial charge in [0.15, 0.2) is 17.9 Å². The Morgan fingerprint density at radius 2 is 2.20 bits per heavy atom. The van der Waals surface area contributed by atoms with Gasteiger partial charge in [0.2, 0.25) is 0 Å². The lowest BCUT2D eigenvalue weighted by Gasteiger charge is -2.01. The maximum absolute atomic E-state index is 13.4. The molecule has 1 heterocycles. The summed E-state index contributed by atoms with van der Waals surface area (Å²) in [5, 5.41) is 0.778. The topological polar surface area (TPSA) is 26.3 Å². The van der Waals surface area contributed by atoms with E-state index in [1.54, 1.807) is 6.07 Å². The van der Waals surface area contributed by atoms with Crippen LogP contribution in [-0.2, 0) is 0 Å². The summed E-state index contributed by atoms with van der Waals surface area (Å²) in [7, 11) is 1.42. The summed E-state index contributed by atoms with van der Waals surface area (Å²) in [6.45, 7) is 1.81. The number of benzene rings is 1. The predicted molar refractivity (Wildman–Crippen MR) is 58.5 cm³/mol. The van der Waals surface area contributed by atoms with E-state index >= 15 is 0 Å². The largest absolute Gasteiger partial charge is 0.494 e. The van der Waals surface area contributed by atoms with E-state index in [0.29, 0.717) is 4.88 Å². The van der Waals surface area contributed by atoms with Crippen LogP contribution in [0.2, 0.25) is 0 Å². The van der Waals surface area contributed by atoms with Crippen molar-refractivity contribution in [1.82, 2.24) is 0 Å². The zero-order valence-corrected chi connectivity index (χ0v) is 9.15. The van der Waals surface area contributed by atoms with Crippen molar-refractivity contribution in [3.63, 3.8) is 0 Å². The van der Waals surface area contributed by atoms with Gasteiger partial charge < -0.3 is 4.74 Å². The van der Waals surface area contributed by atoms with E-state index in [1.807, 2.05) is 6.92 Å². The van der Waals surface area contributed by atoms with Crippen LogP contribution in [-0.4, -0.2) is 13.4 Å². The number of ether oxygens (including phenoxy) is 1. The minimum atomic E-state index is -0.400. The number of methoxy groups -OCH3 is 1. The molecular formula is C11H9FO2S. The van der Waals surface area contributed by atoms with Crippen molar-refractivity contribution < 1.29 is 13.9 Å². The zero-order valence-electron chi connectivity index (χ0n) is 8.33. The third-order valence-electron chi connectivity index (χ3n) is 2.35. The van der Waals surface area contributed by atoms with Gasteiger partial charge in [0.25, 0.3) is 0 Å². The van der Waals surface area contributed by atoms with E-state index in [0.717, 1.165) is 21.9 Å². The Labute approximate surface area is 90.3 Å². The first-order chi connectivity index (χ1) is 7.17. The first-order valence-electron chi connectivity index (χ1n) is 4.39. The van der Waals surface area contributed by atoms with Crippen LogP contribution in [0.1, 0.15) is 15.2 Å². The van der Waals surface area contributed by atoms with Gasteiger partial charge in [0.1, 0.15) is 0 Å². The molecule has 2 aromatic rings. The molecule has 15 heavy (non-hydrogen) atoms. The average molecular weight is 224 g/mol. The van der Waals surface area contributed by atoms with Crippen molar-refractivity contribution in [2.45, 2.75) is 6.92 Å². The molecule has 0 radical (unpaired) electrons. The Morgan fingerprint density at radius 1 is 1.47 bits per heavy atom. The van der Waals surface area contributed by atoms with Gasteiger partial charge in [0, 0.05) is 10.8 Å². The summed E-state index contributed by atoms with van der Waals surface area (Å²) in [6, 6.07) is 3.03. The Hall–Kier alpha value is -1.42. The molecule has 0 saturated heterocycles. The van der Waals surface area contributed by atoms with Crippen LogP contribution in [0.25, 0.3) is 10.1 Å². The van der Waals surface area contributed by atoms with Crippen LogP contribution in [0.3, 0.4) is 0 Å². The van der Waals surface area contributed by atoms with Crippen molar-refractivity contribution >= 4 is 27.7 Å². The second kappa shape index (κ2) is 3.62. The Balaban J connectivity index is 2.78. The molecule has 0 spiro atoms. The summed E-state index contributed by atoms with van der Waals surface area (Å²) in [6.07, 6.45) is 0.796. The SMILES string of the molecule is COc1cc2sc(C=O)c(C)c2cc1F. The van der Waals surface area contributed by atoms with Crippen LogP contribution in [0, 0.1) is 12.7 Å². The first-order valence-corrected chi connectivity index (χ1v) is 5.21. The average Bonchev–Trinajstić information content (AvgIpc) is 2.54. The summed E-state index contributed by atoms with van der Waals surface area (Å²) >= 11 is 1.35. The smallest absolute Gasteiger partial charge is 0.165 e. The van der Waals surface area contributed by atoms with E-state index in [4.69, 9.17) is 4.74 Å². The Kier molecular flexibility index (Phi) is 2.44. The van der Waals surface area contributed by atoms with Crippen molar-refractivity contribution in [3.8, 4) is 5.75 Å². The molecule has 0 unspecified atom stereocenters. The summed E-state index contributed by atoms with van der Waals surface area (Å²) in [4.78, 5) is 11.4. The molecule has 0 aliphatic heterocycles. The van der Waals surface area contributed by atoms with E-state index in [1.165, 1.54) is 24.5 Å². The second-order valence-electron chi connectivity index (χ2n) is 3.19. The van der Waals surface area contributed by atoms with Gasteiger partial charge in [-0.05, 0) is 23.9 Å². The summed E-state index contributed by atoms with van der Waals surface area (Å²) in [5.41, 5.74) is 0.826. The molecule has 2 rings (SSSR count). The van der Waals surface area contributed by atoms with Crippen LogP contribution < -0.4 is 4.74 Å². The lowest BCUT2D eigenvalue weighted by Crippen LogP contribution is -1.87. The molecule has 0 fully saturated rings. The van der Waals surface area contributed by atoms with Crippen LogP contribution in [0.4, 0.5) is 4.39 Å². The van der Waals surface area contributed by atoms with Gasteiger partial charge in [-0.3, -0.25) is 4.79 Å². The third-order valence-corrected chi connectivity index (χ3v) is 3.53. The van der Waals surface area contributed by atoms with Crippen molar-refractivity contribution in [2.24, 2.45) is 0 Å². The minimum Gasteiger partial charge on any atom is -0.494 e. The monoisotopic (exact) mass is 224 g/mol. The molecule has 0 N–H and O–H groups in total. The van der Waals surface area contributed by atoms with E-state index in [9.17, 15) is 9.18 Å². The highest BCUT2D eigenvalue weighted by Crippen LogP contribution is 2.33. The van der Waals surface area contributed by atoms with E-state index in [-0.39, 0.29) is 5.75 Å². The van der Waals surface area contributed by atoms with Gasteiger partial charge >= 0.3 is 0 Å². The van der Waals surface area contributed by atoms with E-state index < -0.39 is 5.82 Å². The Bertz CT molecular complexity index is 531. The molecule has 0 aliphatic rings. The lowest BCUT2D eigenvalue weighted by molar-refractivity contribution is 0.112. The molecular weight excluding hydrogens is 215 g/mol. The molecule has 78 valence electrons. The maximum Gasteiger partial charge on any atom is 0.165 e. The highest BCUT2D eigenvalue weighted by Gasteiger charge is 2.11.